The first-order valence-electron chi connectivity index (χ1n) is 7.96. The molecule has 3 aromatic rings. The van der Waals surface area contributed by atoms with Gasteiger partial charge in [-0.2, -0.15) is 0 Å². The first kappa shape index (κ1) is 18.6. The molecule has 0 radical (unpaired) electrons. The average molecular weight is 391 g/mol. The Morgan fingerprint density at radius 1 is 1.27 bits per heavy atom. The number of anilines is 1. The van der Waals surface area contributed by atoms with Gasteiger partial charge in [-0.15, -0.1) is 23.1 Å². The van der Waals surface area contributed by atoms with Crippen LogP contribution in [-0.2, 0) is 10.5 Å². The molecule has 0 aliphatic carbocycles. The third-order valence-corrected chi connectivity index (χ3v) is 5.67. The number of carbonyl (C=O) groups is 1. The van der Waals surface area contributed by atoms with Gasteiger partial charge in [-0.3, -0.25) is 4.79 Å². The van der Waals surface area contributed by atoms with Crippen molar-refractivity contribution in [1.29, 1.82) is 0 Å². The van der Waals surface area contributed by atoms with Crippen LogP contribution in [0.4, 0.5) is 9.52 Å². The van der Waals surface area contributed by atoms with Crippen molar-refractivity contribution in [2.75, 3.05) is 11.1 Å². The van der Waals surface area contributed by atoms with Crippen LogP contribution in [0.15, 0.2) is 28.8 Å². The van der Waals surface area contributed by atoms with Crippen molar-refractivity contribution in [3.63, 3.8) is 0 Å². The van der Waals surface area contributed by atoms with Gasteiger partial charge in [-0.1, -0.05) is 5.16 Å². The number of aromatic nitrogens is 2. The maximum Gasteiger partial charge on any atom is 0.236 e. The topological polar surface area (TPSA) is 68.0 Å². The van der Waals surface area contributed by atoms with E-state index in [4.69, 9.17) is 4.52 Å². The van der Waals surface area contributed by atoms with Crippen molar-refractivity contribution in [3.8, 4) is 11.3 Å². The van der Waals surface area contributed by atoms with E-state index >= 15 is 0 Å². The Morgan fingerprint density at radius 2 is 2.00 bits per heavy atom. The number of carbonyl (C=O) groups excluding carboxylic acids is 1. The molecule has 3 rings (SSSR count). The lowest BCUT2D eigenvalue weighted by atomic mass is 10.1. The van der Waals surface area contributed by atoms with Gasteiger partial charge in [0.05, 0.1) is 17.1 Å². The normalized spacial score (nSPS) is 10.9. The van der Waals surface area contributed by atoms with Crippen LogP contribution < -0.4 is 5.32 Å². The third kappa shape index (κ3) is 4.31. The molecular weight excluding hydrogens is 373 g/mol. The number of aryl methyl sites for hydroxylation is 3. The molecule has 2 heterocycles. The van der Waals surface area contributed by atoms with Gasteiger partial charge in [0.15, 0.2) is 5.13 Å². The lowest BCUT2D eigenvalue weighted by molar-refractivity contribution is -0.113. The summed E-state index contributed by atoms with van der Waals surface area (Å²) in [7, 11) is 0. The number of thiazole rings is 1. The smallest absolute Gasteiger partial charge is 0.236 e. The van der Waals surface area contributed by atoms with Gasteiger partial charge in [0.2, 0.25) is 5.91 Å². The van der Waals surface area contributed by atoms with Crippen LogP contribution in [0.2, 0.25) is 0 Å². The first-order chi connectivity index (χ1) is 12.4. The van der Waals surface area contributed by atoms with E-state index in [0.717, 1.165) is 33.2 Å². The minimum atomic E-state index is -0.287. The molecule has 136 valence electrons. The summed E-state index contributed by atoms with van der Waals surface area (Å²) in [5.74, 6) is 1.38. The number of hydrogen-bond acceptors (Lipinski definition) is 6. The fraction of sp³-hybridized carbons (Fsp3) is 0.278. The number of nitrogens with zero attached hydrogens (tertiary/aromatic N) is 2. The van der Waals surface area contributed by atoms with Crippen LogP contribution >= 0.6 is 23.1 Å². The molecule has 0 unspecified atom stereocenters. The fourth-order valence-electron chi connectivity index (χ4n) is 2.43. The lowest BCUT2D eigenvalue weighted by Crippen LogP contribution is -2.14. The molecule has 0 saturated heterocycles. The molecule has 1 aromatic carbocycles. The summed E-state index contributed by atoms with van der Waals surface area (Å²) in [5.41, 5.74) is 3.48. The highest BCUT2D eigenvalue weighted by Gasteiger charge is 2.13. The van der Waals surface area contributed by atoms with Gasteiger partial charge < -0.3 is 9.84 Å². The SMILES string of the molecule is Cc1noc(C)c1CSCC(=O)Nc1nc(-c2ccc(F)cc2)c(C)s1. The summed E-state index contributed by atoms with van der Waals surface area (Å²) in [6.45, 7) is 5.69. The first-order valence-corrected chi connectivity index (χ1v) is 9.94. The van der Waals surface area contributed by atoms with Gasteiger partial charge in [-0.25, -0.2) is 9.37 Å². The lowest BCUT2D eigenvalue weighted by Gasteiger charge is -2.02. The van der Waals surface area contributed by atoms with Gasteiger partial charge in [0, 0.05) is 21.8 Å². The number of halogens is 1. The Kier molecular flexibility index (Phi) is 5.73. The maximum absolute atomic E-state index is 13.1. The van der Waals surface area contributed by atoms with Gasteiger partial charge in [-0.05, 0) is 45.0 Å². The van der Waals surface area contributed by atoms with Crippen LogP contribution in [0.3, 0.4) is 0 Å². The zero-order chi connectivity index (χ0) is 18.7. The zero-order valence-electron chi connectivity index (χ0n) is 14.6. The Morgan fingerprint density at radius 3 is 2.65 bits per heavy atom. The molecular formula is C18H18FN3O2S2. The summed E-state index contributed by atoms with van der Waals surface area (Å²) in [5, 5.41) is 7.28. The number of thioether (sulfide) groups is 1. The Hall–Kier alpha value is -2.19. The van der Waals surface area contributed by atoms with Crippen molar-refractivity contribution in [2.45, 2.75) is 26.5 Å². The van der Waals surface area contributed by atoms with Crippen LogP contribution in [0, 0.1) is 26.6 Å². The molecule has 5 nitrogen and oxygen atoms in total. The summed E-state index contributed by atoms with van der Waals surface area (Å²) in [4.78, 5) is 17.6. The summed E-state index contributed by atoms with van der Waals surface area (Å²) in [6.07, 6.45) is 0. The number of rotatable bonds is 6. The molecule has 8 heteroatoms. The molecule has 2 aromatic heterocycles. The van der Waals surface area contributed by atoms with Crippen molar-refractivity contribution in [2.24, 2.45) is 0 Å². The molecule has 1 N–H and O–H groups in total. The van der Waals surface area contributed by atoms with Gasteiger partial charge in [0.1, 0.15) is 11.6 Å². The number of nitrogens with one attached hydrogen (secondary N) is 1. The van der Waals surface area contributed by atoms with Crippen molar-refractivity contribution in [3.05, 3.63) is 52.0 Å². The molecule has 0 bridgehead atoms. The summed E-state index contributed by atoms with van der Waals surface area (Å²) >= 11 is 2.91. The molecule has 26 heavy (non-hydrogen) atoms. The molecule has 0 atom stereocenters. The van der Waals surface area contributed by atoms with E-state index in [1.807, 2.05) is 20.8 Å². The van der Waals surface area contributed by atoms with Crippen LogP contribution in [-0.4, -0.2) is 21.8 Å². The van der Waals surface area contributed by atoms with Gasteiger partial charge >= 0.3 is 0 Å². The average Bonchev–Trinajstić information content (AvgIpc) is 3.12. The van der Waals surface area contributed by atoms with Crippen molar-refractivity contribution in [1.82, 2.24) is 10.1 Å². The molecule has 0 aliphatic rings. The minimum Gasteiger partial charge on any atom is -0.361 e. The highest BCUT2D eigenvalue weighted by atomic mass is 32.2. The molecule has 0 fully saturated rings. The highest BCUT2D eigenvalue weighted by molar-refractivity contribution is 7.99. The van der Waals surface area contributed by atoms with Crippen molar-refractivity contribution >= 4 is 34.1 Å². The van der Waals surface area contributed by atoms with E-state index in [9.17, 15) is 9.18 Å². The van der Waals surface area contributed by atoms with Crippen molar-refractivity contribution < 1.29 is 13.7 Å². The van der Waals surface area contributed by atoms with Crippen LogP contribution in [0.1, 0.15) is 21.9 Å². The predicted octanol–water partition coefficient (Wildman–Crippen LogP) is 4.73. The zero-order valence-corrected chi connectivity index (χ0v) is 16.3. The quantitative estimate of drug-likeness (QED) is 0.658. The fourth-order valence-corrected chi connectivity index (χ4v) is 4.26. The Balaban J connectivity index is 1.58. The number of benzene rings is 1. The number of amides is 1. The third-order valence-electron chi connectivity index (χ3n) is 3.82. The second-order valence-electron chi connectivity index (χ2n) is 5.77. The van der Waals surface area contributed by atoms with E-state index in [1.54, 1.807) is 12.1 Å². The second-order valence-corrected chi connectivity index (χ2v) is 7.96. The summed E-state index contributed by atoms with van der Waals surface area (Å²) < 4.78 is 18.2. The Labute approximate surface area is 159 Å². The standard InChI is InChI=1S/C18H18FN3O2S2/c1-10-15(11(2)24-22-10)8-25-9-16(23)20-18-21-17(12(3)26-18)13-4-6-14(19)7-5-13/h4-7H,8-9H2,1-3H3,(H,20,21,23). The molecule has 0 spiro atoms. The van der Waals surface area contributed by atoms with E-state index in [0.29, 0.717) is 16.6 Å². The highest BCUT2D eigenvalue weighted by Crippen LogP contribution is 2.30. The molecule has 1 amide bonds. The van der Waals surface area contributed by atoms with E-state index in [1.165, 1.54) is 35.2 Å². The van der Waals surface area contributed by atoms with Gasteiger partial charge in [0.25, 0.3) is 0 Å². The van der Waals surface area contributed by atoms with Crippen LogP contribution in [0.5, 0.6) is 0 Å². The Bertz CT molecular complexity index is 900. The van der Waals surface area contributed by atoms with Crippen LogP contribution in [0.25, 0.3) is 11.3 Å². The monoisotopic (exact) mass is 391 g/mol. The molecule has 0 saturated carbocycles. The van der Waals surface area contributed by atoms with E-state index in [2.05, 4.69) is 15.5 Å². The largest absolute Gasteiger partial charge is 0.361 e. The van der Waals surface area contributed by atoms with E-state index < -0.39 is 0 Å². The predicted molar refractivity (Wildman–Crippen MR) is 103 cm³/mol. The maximum atomic E-state index is 13.1. The minimum absolute atomic E-state index is 0.110. The summed E-state index contributed by atoms with van der Waals surface area (Å²) in [6, 6.07) is 6.17. The molecule has 0 aliphatic heterocycles. The second kappa shape index (κ2) is 8.01. The van der Waals surface area contributed by atoms with E-state index in [-0.39, 0.29) is 11.7 Å². The number of hydrogen-bond donors (Lipinski definition) is 1.